The van der Waals surface area contributed by atoms with Gasteiger partial charge in [0.15, 0.2) is 0 Å². The van der Waals surface area contributed by atoms with E-state index < -0.39 is 5.41 Å². The predicted molar refractivity (Wildman–Crippen MR) is 79.3 cm³/mol. The number of nitrogens with two attached hydrogens (primary N) is 1. The van der Waals surface area contributed by atoms with Crippen LogP contribution < -0.4 is 15.2 Å². The van der Waals surface area contributed by atoms with Gasteiger partial charge in [-0.3, -0.25) is 4.79 Å². The standard InChI is InChI=1S/C16H23NO4/c1-19-13-5-7-14(8-6-13)21-10-9-16(11-17,12-3-4-12)15(18)20-2/h5-8,12H,3-4,9-11,17H2,1-2H3. The zero-order chi connectivity index (χ0) is 15.3. The zero-order valence-electron chi connectivity index (χ0n) is 12.6. The molecule has 2 N–H and O–H groups in total. The van der Waals surface area contributed by atoms with E-state index in [2.05, 4.69) is 0 Å². The minimum Gasteiger partial charge on any atom is -0.497 e. The summed E-state index contributed by atoms with van der Waals surface area (Å²) in [7, 11) is 3.04. The average molecular weight is 293 g/mol. The Hall–Kier alpha value is -1.75. The van der Waals surface area contributed by atoms with Crippen molar-refractivity contribution in [2.24, 2.45) is 17.1 Å². The van der Waals surface area contributed by atoms with Crippen molar-refractivity contribution in [1.29, 1.82) is 0 Å². The van der Waals surface area contributed by atoms with Gasteiger partial charge in [-0.15, -0.1) is 0 Å². The summed E-state index contributed by atoms with van der Waals surface area (Å²) in [5.74, 6) is 1.65. The molecular formula is C16H23NO4. The lowest BCUT2D eigenvalue weighted by Crippen LogP contribution is -2.42. The molecule has 5 nitrogen and oxygen atoms in total. The summed E-state index contributed by atoms with van der Waals surface area (Å²) in [6.07, 6.45) is 2.65. The van der Waals surface area contributed by atoms with Crippen LogP contribution in [0.1, 0.15) is 19.3 Å². The van der Waals surface area contributed by atoms with E-state index in [0.717, 1.165) is 24.3 Å². The smallest absolute Gasteiger partial charge is 0.313 e. The highest BCUT2D eigenvalue weighted by Gasteiger charge is 2.50. The number of carbonyl (C=O) groups excluding carboxylic acids is 1. The lowest BCUT2D eigenvalue weighted by molar-refractivity contribution is -0.154. The first-order chi connectivity index (χ1) is 10.2. The molecule has 116 valence electrons. The highest BCUT2D eigenvalue weighted by molar-refractivity contribution is 5.78. The van der Waals surface area contributed by atoms with E-state index in [0.29, 0.717) is 25.5 Å². The van der Waals surface area contributed by atoms with Crippen LogP contribution in [0.4, 0.5) is 0 Å². The molecule has 5 heteroatoms. The van der Waals surface area contributed by atoms with Crippen LogP contribution in [0.3, 0.4) is 0 Å². The summed E-state index contributed by atoms with van der Waals surface area (Å²) in [5, 5.41) is 0. The number of carbonyl (C=O) groups is 1. The van der Waals surface area contributed by atoms with Crippen molar-refractivity contribution >= 4 is 5.97 Å². The normalized spacial score (nSPS) is 16.9. The summed E-state index contributed by atoms with van der Waals surface area (Å²) in [4.78, 5) is 12.1. The first-order valence-corrected chi connectivity index (χ1v) is 7.21. The Morgan fingerprint density at radius 2 is 1.86 bits per heavy atom. The molecule has 1 aromatic rings. The summed E-state index contributed by atoms with van der Waals surface area (Å²) in [5.41, 5.74) is 5.27. The number of hydrogen-bond acceptors (Lipinski definition) is 5. The van der Waals surface area contributed by atoms with Crippen molar-refractivity contribution in [2.75, 3.05) is 27.4 Å². The molecule has 0 aliphatic heterocycles. The maximum atomic E-state index is 12.1. The molecule has 1 aliphatic rings. The molecule has 1 aromatic carbocycles. The fourth-order valence-electron chi connectivity index (χ4n) is 2.69. The third-order valence-corrected chi connectivity index (χ3v) is 4.19. The average Bonchev–Trinajstić information content (AvgIpc) is 3.37. The largest absolute Gasteiger partial charge is 0.497 e. The number of rotatable bonds is 8. The molecule has 0 heterocycles. The number of methoxy groups -OCH3 is 2. The molecule has 1 unspecified atom stereocenters. The molecule has 0 aromatic heterocycles. The van der Waals surface area contributed by atoms with E-state index in [-0.39, 0.29) is 5.97 Å². The molecule has 0 bridgehead atoms. The van der Waals surface area contributed by atoms with Crippen LogP contribution >= 0.6 is 0 Å². The molecule has 2 rings (SSSR count). The Balaban J connectivity index is 1.93. The Labute approximate surface area is 125 Å². The topological polar surface area (TPSA) is 70.8 Å². The van der Waals surface area contributed by atoms with Gasteiger partial charge in [-0.25, -0.2) is 0 Å². The van der Waals surface area contributed by atoms with Gasteiger partial charge in [-0.1, -0.05) is 0 Å². The number of benzene rings is 1. The van der Waals surface area contributed by atoms with Crippen LogP contribution in [0.2, 0.25) is 0 Å². The van der Waals surface area contributed by atoms with Crippen molar-refractivity contribution in [3.05, 3.63) is 24.3 Å². The van der Waals surface area contributed by atoms with Gasteiger partial charge in [0.1, 0.15) is 11.5 Å². The Morgan fingerprint density at radius 1 is 1.24 bits per heavy atom. The highest BCUT2D eigenvalue weighted by atomic mass is 16.5. The third-order valence-electron chi connectivity index (χ3n) is 4.19. The second-order valence-electron chi connectivity index (χ2n) is 5.40. The highest BCUT2D eigenvalue weighted by Crippen LogP contribution is 2.48. The van der Waals surface area contributed by atoms with Gasteiger partial charge in [0.25, 0.3) is 0 Å². The molecule has 1 aliphatic carbocycles. The molecule has 0 saturated heterocycles. The van der Waals surface area contributed by atoms with Crippen LogP contribution in [-0.4, -0.2) is 33.3 Å². The van der Waals surface area contributed by atoms with Gasteiger partial charge in [0.2, 0.25) is 0 Å². The minimum absolute atomic E-state index is 0.217. The van der Waals surface area contributed by atoms with E-state index in [1.165, 1.54) is 7.11 Å². The van der Waals surface area contributed by atoms with Gasteiger partial charge < -0.3 is 19.9 Å². The minimum atomic E-state index is -0.596. The first-order valence-electron chi connectivity index (χ1n) is 7.21. The summed E-state index contributed by atoms with van der Waals surface area (Å²) < 4.78 is 15.8. The maximum absolute atomic E-state index is 12.1. The van der Waals surface area contributed by atoms with Gasteiger partial charge in [-0.05, 0) is 49.4 Å². The Kier molecular flexibility index (Phi) is 5.07. The lowest BCUT2D eigenvalue weighted by Gasteiger charge is -2.29. The monoisotopic (exact) mass is 293 g/mol. The Bertz CT molecular complexity index is 470. The maximum Gasteiger partial charge on any atom is 0.313 e. The number of ether oxygens (including phenoxy) is 3. The fraction of sp³-hybridized carbons (Fsp3) is 0.562. The third kappa shape index (κ3) is 3.47. The van der Waals surface area contributed by atoms with Crippen molar-refractivity contribution in [1.82, 2.24) is 0 Å². The zero-order valence-corrected chi connectivity index (χ0v) is 12.6. The van der Waals surface area contributed by atoms with Crippen LogP contribution in [-0.2, 0) is 9.53 Å². The summed E-state index contributed by atoms with van der Waals surface area (Å²) in [6, 6.07) is 7.37. The van der Waals surface area contributed by atoms with Crippen molar-refractivity contribution in [3.63, 3.8) is 0 Å². The second-order valence-corrected chi connectivity index (χ2v) is 5.40. The molecule has 0 amide bonds. The van der Waals surface area contributed by atoms with Crippen LogP contribution in [0.5, 0.6) is 11.5 Å². The quantitative estimate of drug-likeness (QED) is 0.742. The van der Waals surface area contributed by atoms with Crippen LogP contribution in [0, 0.1) is 11.3 Å². The molecule has 21 heavy (non-hydrogen) atoms. The van der Waals surface area contributed by atoms with Gasteiger partial charge in [0.05, 0.1) is 26.2 Å². The lowest BCUT2D eigenvalue weighted by atomic mass is 9.79. The molecule has 0 radical (unpaired) electrons. The molecule has 1 fully saturated rings. The van der Waals surface area contributed by atoms with Crippen LogP contribution in [0.25, 0.3) is 0 Å². The van der Waals surface area contributed by atoms with E-state index in [4.69, 9.17) is 19.9 Å². The van der Waals surface area contributed by atoms with E-state index in [1.807, 2.05) is 24.3 Å². The van der Waals surface area contributed by atoms with Crippen molar-refractivity contribution in [2.45, 2.75) is 19.3 Å². The first kappa shape index (κ1) is 15.6. The Morgan fingerprint density at radius 3 is 2.33 bits per heavy atom. The van der Waals surface area contributed by atoms with Gasteiger partial charge in [-0.2, -0.15) is 0 Å². The van der Waals surface area contributed by atoms with Gasteiger partial charge >= 0.3 is 5.97 Å². The van der Waals surface area contributed by atoms with Crippen molar-refractivity contribution < 1.29 is 19.0 Å². The summed E-state index contributed by atoms with van der Waals surface area (Å²) >= 11 is 0. The number of esters is 1. The summed E-state index contributed by atoms with van der Waals surface area (Å²) in [6.45, 7) is 0.742. The van der Waals surface area contributed by atoms with E-state index >= 15 is 0 Å². The van der Waals surface area contributed by atoms with Crippen molar-refractivity contribution in [3.8, 4) is 11.5 Å². The number of hydrogen-bond donors (Lipinski definition) is 1. The predicted octanol–water partition coefficient (Wildman–Crippen LogP) is 1.99. The molecular weight excluding hydrogens is 270 g/mol. The van der Waals surface area contributed by atoms with E-state index in [9.17, 15) is 4.79 Å². The fourth-order valence-corrected chi connectivity index (χ4v) is 2.69. The SMILES string of the molecule is COC(=O)C(CN)(CCOc1ccc(OC)cc1)C1CC1. The van der Waals surface area contributed by atoms with Crippen LogP contribution in [0.15, 0.2) is 24.3 Å². The molecule has 0 spiro atoms. The second kappa shape index (κ2) is 6.80. The molecule has 1 atom stereocenters. The van der Waals surface area contributed by atoms with E-state index in [1.54, 1.807) is 7.11 Å². The van der Waals surface area contributed by atoms with Gasteiger partial charge in [0, 0.05) is 6.54 Å². The molecule has 1 saturated carbocycles.